The van der Waals surface area contributed by atoms with Crippen LogP contribution in [0.4, 0.5) is 0 Å². The monoisotopic (exact) mass is 274 g/mol. The number of aromatic nitrogens is 4. The van der Waals surface area contributed by atoms with Gasteiger partial charge >= 0.3 is 0 Å². The molecule has 3 rings (SSSR count). The fourth-order valence-electron chi connectivity index (χ4n) is 2.32. The van der Waals surface area contributed by atoms with E-state index < -0.39 is 0 Å². The van der Waals surface area contributed by atoms with Crippen molar-refractivity contribution < 1.29 is 9.84 Å². The normalized spacial score (nSPS) is 16.9. The molecular weight excluding hydrogens is 256 g/mol. The van der Waals surface area contributed by atoms with E-state index in [2.05, 4.69) is 34.5 Å². The van der Waals surface area contributed by atoms with Crippen LogP contribution < -0.4 is 0 Å². The van der Waals surface area contributed by atoms with Crippen LogP contribution in [-0.4, -0.2) is 45.1 Å². The third-order valence-corrected chi connectivity index (χ3v) is 3.73. The molecule has 0 atom stereocenters. The largest absolute Gasteiger partial charge is 0.396 e. The van der Waals surface area contributed by atoms with Crippen molar-refractivity contribution in [1.29, 1.82) is 0 Å². The van der Waals surface area contributed by atoms with E-state index in [1.807, 2.05) is 12.1 Å². The molecule has 1 N–H and O–H groups in total. The van der Waals surface area contributed by atoms with Crippen molar-refractivity contribution in [1.82, 2.24) is 20.2 Å². The molecule has 0 spiro atoms. The maximum absolute atomic E-state index is 9.41. The second-order valence-electron chi connectivity index (χ2n) is 5.49. The van der Waals surface area contributed by atoms with Crippen molar-refractivity contribution in [3.8, 4) is 0 Å². The number of rotatable bonds is 5. The zero-order chi connectivity index (χ0) is 14.0. The van der Waals surface area contributed by atoms with E-state index in [1.165, 1.54) is 11.1 Å². The topological polar surface area (TPSA) is 73.1 Å². The number of tetrazole rings is 1. The van der Waals surface area contributed by atoms with Gasteiger partial charge in [0, 0.05) is 6.42 Å². The molecule has 0 amide bonds. The van der Waals surface area contributed by atoms with Crippen LogP contribution in [0.5, 0.6) is 0 Å². The maximum atomic E-state index is 9.41. The smallest absolute Gasteiger partial charge is 0.179 e. The summed E-state index contributed by atoms with van der Waals surface area (Å²) in [7, 11) is 0. The number of benzene rings is 1. The van der Waals surface area contributed by atoms with Crippen molar-refractivity contribution in [2.75, 3.05) is 19.8 Å². The first-order chi connectivity index (χ1) is 9.71. The van der Waals surface area contributed by atoms with Gasteiger partial charge in [0.15, 0.2) is 5.82 Å². The summed E-state index contributed by atoms with van der Waals surface area (Å²) in [6, 6.07) is 8.18. The lowest BCUT2D eigenvalue weighted by molar-refractivity contribution is -0.147. The van der Waals surface area contributed by atoms with Gasteiger partial charge in [-0.05, 0) is 23.3 Å². The highest BCUT2D eigenvalue weighted by Gasteiger charge is 2.39. The first-order valence-electron chi connectivity index (χ1n) is 6.71. The Morgan fingerprint density at radius 2 is 2.15 bits per heavy atom. The Morgan fingerprint density at radius 1 is 1.35 bits per heavy atom. The van der Waals surface area contributed by atoms with Gasteiger partial charge in [0.25, 0.3) is 0 Å². The summed E-state index contributed by atoms with van der Waals surface area (Å²) in [4.78, 5) is 1.56. The van der Waals surface area contributed by atoms with Crippen LogP contribution in [0.2, 0.25) is 0 Å². The van der Waals surface area contributed by atoms with E-state index in [0.29, 0.717) is 32.0 Å². The lowest BCUT2D eigenvalue weighted by atomic mass is 9.87. The minimum atomic E-state index is -0.235. The molecule has 106 valence electrons. The highest BCUT2D eigenvalue weighted by atomic mass is 16.5. The number of aryl methyl sites for hydroxylation is 1. The second-order valence-corrected chi connectivity index (χ2v) is 5.49. The second kappa shape index (κ2) is 5.30. The molecule has 1 aromatic heterocycles. The molecule has 20 heavy (non-hydrogen) atoms. The van der Waals surface area contributed by atoms with E-state index in [0.717, 1.165) is 0 Å². The minimum absolute atomic E-state index is 0.0850. The van der Waals surface area contributed by atoms with Crippen molar-refractivity contribution in [3.63, 3.8) is 0 Å². The minimum Gasteiger partial charge on any atom is -0.396 e. The standard InChI is InChI=1S/C14H18N4O2/c1-11-4-2-3-5-12(11)6-13-15-17-18(16-13)7-14(8-19)9-20-10-14/h2-5,19H,6-10H2,1H3. The molecule has 6 nitrogen and oxygen atoms in total. The average molecular weight is 274 g/mol. The molecular formula is C14H18N4O2. The Kier molecular flexibility index (Phi) is 3.50. The molecule has 6 heteroatoms. The van der Waals surface area contributed by atoms with Crippen LogP contribution in [0.1, 0.15) is 17.0 Å². The summed E-state index contributed by atoms with van der Waals surface area (Å²) in [5.41, 5.74) is 2.19. The van der Waals surface area contributed by atoms with E-state index in [4.69, 9.17) is 4.74 Å². The van der Waals surface area contributed by atoms with Gasteiger partial charge < -0.3 is 9.84 Å². The van der Waals surface area contributed by atoms with Gasteiger partial charge in [0.05, 0.1) is 31.8 Å². The molecule has 0 unspecified atom stereocenters. The van der Waals surface area contributed by atoms with Crippen molar-refractivity contribution in [3.05, 3.63) is 41.2 Å². The van der Waals surface area contributed by atoms with E-state index >= 15 is 0 Å². The summed E-state index contributed by atoms with van der Waals surface area (Å²) in [5, 5.41) is 22.0. The van der Waals surface area contributed by atoms with Crippen LogP contribution in [0.25, 0.3) is 0 Å². The fourth-order valence-corrected chi connectivity index (χ4v) is 2.32. The first kappa shape index (κ1) is 13.2. The van der Waals surface area contributed by atoms with Crippen molar-refractivity contribution in [2.45, 2.75) is 19.9 Å². The van der Waals surface area contributed by atoms with Crippen LogP contribution >= 0.6 is 0 Å². The van der Waals surface area contributed by atoms with Crippen molar-refractivity contribution in [2.24, 2.45) is 5.41 Å². The molecule has 1 aliphatic rings. The molecule has 0 radical (unpaired) electrons. The summed E-state index contributed by atoms with van der Waals surface area (Å²) in [5.74, 6) is 0.702. The Bertz CT molecular complexity index is 587. The van der Waals surface area contributed by atoms with Crippen molar-refractivity contribution >= 4 is 0 Å². The number of hydrogen-bond acceptors (Lipinski definition) is 5. The summed E-state index contributed by atoms with van der Waals surface area (Å²) in [6.45, 7) is 3.81. The molecule has 1 fully saturated rings. The van der Waals surface area contributed by atoms with E-state index in [1.54, 1.807) is 4.80 Å². The third kappa shape index (κ3) is 2.57. The number of aliphatic hydroxyl groups is 1. The Morgan fingerprint density at radius 3 is 2.80 bits per heavy atom. The van der Waals surface area contributed by atoms with Gasteiger partial charge in [-0.2, -0.15) is 4.80 Å². The number of hydrogen-bond donors (Lipinski definition) is 1. The van der Waals surface area contributed by atoms with Gasteiger partial charge in [-0.15, -0.1) is 10.2 Å². The van der Waals surface area contributed by atoms with Crippen LogP contribution in [-0.2, 0) is 17.7 Å². The van der Waals surface area contributed by atoms with Gasteiger partial charge in [-0.25, -0.2) is 0 Å². The van der Waals surface area contributed by atoms with Gasteiger partial charge in [0.2, 0.25) is 0 Å². The Labute approximate surface area is 117 Å². The third-order valence-electron chi connectivity index (χ3n) is 3.73. The fraction of sp³-hybridized carbons (Fsp3) is 0.500. The highest BCUT2D eigenvalue weighted by Crippen LogP contribution is 2.28. The van der Waals surface area contributed by atoms with Gasteiger partial charge in [0.1, 0.15) is 0 Å². The maximum Gasteiger partial charge on any atom is 0.179 e. The predicted molar refractivity (Wildman–Crippen MR) is 72.1 cm³/mol. The molecule has 0 aliphatic carbocycles. The van der Waals surface area contributed by atoms with Gasteiger partial charge in [-0.3, -0.25) is 0 Å². The van der Waals surface area contributed by atoms with E-state index in [9.17, 15) is 5.11 Å². The lowest BCUT2D eigenvalue weighted by Gasteiger charge is -2.38. The zero-order valence-electron chi connectivity index (χ0n) is 11.5. The molecule has 2 heterocycles. The quantitative estimate of drug-likeness (QED) is 0.863. The van der Waals surface area contributed by atoms with Crippen LogP contribution in [0.3, 0.4) is 0 Å². The number of nitrogens with zero attached hydrogens (tertiary/aromatic N) is 4. The summed E-state index contributed by atoms with van der Waals surface area (Å²) >= 11 is 0. The van der Waals surface area contributed by atoms with Gasteiger partial charge in [-0.1, -0.05) is 24.3 Å². The first-order valence-corrected chi connectivity index (χ1v) is 6.71. The SMILES string of the molecule is Cc1ccccc1Cc1nnn(CC2(CO)COC2)n1. The molecule has 0 bridgehead atoms. The molecule has 1 aliphatic heterocycles. The lowest BCUT2D eigenvalue weighted by Crippen LogP contribution is -2.49. The predicted octanol–water partition coefficient (Wildman–Crippen LogP) is 0.581. The Hall–Kier alpha value is -1.79. The molecule has 1 aromatic carbocycles. The Balaban J connectivity index is 1.69. The average Bonchev–Trinajstić information content (AvgIpc) is 2.84. The molecule has 2 aromatic rings. The number of ether oxygens (including phenoxy) is 1. The molecule has 1 saturated heterocycles. The summed E-state index contributed by atoms with van der Waals surface area (Å²) < 4.78 is 5.17. The summed E-state index contributed by atoms with van der Waals surface area (Å²) in [6.07, 6.45) is 0.676. The van der Waals surface area contributed by atoms with E-state index in [-0.39, 0.29) is 12.0 Å². The zero-order valence-corrected chi connectivity index (χ0v) is 11.5. The molecule has 0 saturated carbocycles. The highest BCUT2D eigenvalue weighted by molar-refractivity contribution is 5.27. The number of aliphatic hydroxyl groups excluding tert-OH is 1. The van der Waals surface area contributed by atoms with Crippen LogP contribution in [0, 0.1) is 12.3 Å². The van der Waals surface area contributed by atoms with Crippen LogP contribution in [0.15, 0.2) is 24.3 Å².